The minimum atomic E-state index is 0.210. The molecule has 144 valence electrons. The summed E-state index contributed by atoms with van der Waals surface area (Å²) in [6, 6.07) is 18.0. The molecule has 27 heavy (non-hydrogen) atoms. The van der Waals surface area contributed by atoms with Gasteiger partial charge in [-0.05, 0) is 24.3 Å². The first-order valence-corrected chi connectivity index (χ1v) is 9.74. The highest BCUT2D eigenvalue weighted by molar-refractivity contribution is 5.77. The number of hydrogen-bond acceptors (Lipinski definition) is 3. The molecule has 5 nitrogen and oxygen atoms in total. The second kappa shape index (κ2) is 8.91. The van der Waals surface area contributed by atoms with Crippen molar-refractivity contribution in [3.63, 3.8) is 0 Å². The van der Waals surface area contributed by atoms with Crippen LogP contribution in [0.25, 0.3) is 0 Å². The number of phenolic OH excluding ortho intramolecular Hbond substituents is 1. The lowest BCUT2D eigenvalue weighted by molar-refractivity contribution is -0.692. The van der Waals surface area contributed by atoms with Crippen molar-refractivity contribution in [2.45, 2.75) is 19.9 Å². The van der Waals surface area contributed by atoms with E-state index in [0.717, 1.165) is 31.9 Å². The van der Waals surface area contributed by atoms with Crippen LogP contribution < -0.4 is 10.2 Å². The Morgan fingerprint density at radius 2 is 1.63 bits per heavy atom. The SMILES string of the molecule is CC(C)[C@@H]([NH2+]CC(=O)N1CCN(c2ccc(O)cc2)CC1)c1ccccc1. The Balaban J connectivity index is 1.51. The Labute approximate surface area is 161 Å². The minimum absolute atomic E-state index is 0.210. The molecule has 1 saturated heterocycles. The molecule has 0 spiro atoms. The number of quaternary nitrogens is 1. The molecule has 1 atom stereocenters. The van der Waals surface area contributed by atoms with E-state index in [0.29, 0.717) is 18.5 Å². The van der Waals surface area contributed by atoms with Crippen LogP contribution in [0.3, 0.4) is 0 Å². The third kappa shape index (κ3) is 5.01. The van der Waals surface area contributed by atoms with E-state index in [4.69, 9.17) is 0 Å². The maximum absolute atomic E-state index is 12.7. The molecule has 1 aliphatic rings. The molecule has 5 heteroatoms. The van der Waals surface area contributed by atoms with Crippen LogP contribution in [-0.2, 0) is 4.79 Å². The fraction of sp³-hybridized carbons (Fsp3) is 0.409. The molecule has 0 bridgehead atoms. The average Bonchev–Trinajstić information content (AvgIpc) is 2.69. The second-order valence-corrected chi connectivity index (χ2v) is 7.50. The molecular weight excluding hydrogens is 338 g/mol. The predicted octanol–water partition coefficient (Wildman–Crippen LogP) is 2.00. The molecule has 0 radical (unpaired) electrons. The number of anilines is 1. The molecule has 0 aromatic heterocycles. The van der Waals surface area contributed by atoms with Crippen LogP contribution in [0.1, 0.15) is 25.5 Å². The molecule has 2 aromatic rings. The lowest BCUT2D eigenvalue weighted by Gasteiger charge is -2.36. The van der Waals surface area contributed by atoms with Gasteiger partial charge in [0.15, 0.2) is 6.54 Å². The molecule has 1 amide bonds. The quantitative estimate of drug-likeness (QED) is 0.820. The van der Waals surface area contributed by atoms with E-state index in [-0.39, 0.29) is 11.7 Å². The van der Waals surface area contributed by atoms with Crippen molar-refractivity contribution in [3.05, 3.63) is 60.2 Å². The number of nitrogens with zero attached hydrogens (tertiary/aromatic N) is 2. The Kier molecular flexibility index (Phi) is 6.35. The van der Waals surface area contributed by atoms with E-state index in [1.807, 2.05) is 23.1 Å². The number of piperazine rings is 1. The average molecular weight is 369 g/mol. The van der Waals surface area contributed by atoms with Gasteiger partial charge in [0.1, 0.15) is 11.8 Å². The summed E-state index contributed by atoms with van der Waals surface area (Å²) in [6.45, 7) is 8.02. The predicted molar refractivity (Wildman–Crippen MR) is 108 cm³/mol. The van der Waals surface area contributed by atoms with Crippen molar-refractivity contribution >= 4 is 11.6 Å². The highest BCUT2D eigenvalue weighted by Crippen LogP contribution is 2.20. The number of carbonyl (C=O) groups is 1. The topological polar surface area (TPSA) is 60.4 Å². The summed E-state index contributed by atoms with van der Waals surface area (Å²) in [5.41, 5.74) is 2.37. The highest BCUT2D eigenvalue weighted by atomic mass is 16.3. The van der Waals surface area contributed by atoms with Gasteiger partial charge in [0.05, 0.1) is 0 Å². The zero-order valence-corrected chi connectivity index (χ0v) is 16.2. The van der Waals surface area contributed by atoms with Crippen LogP contribution in [0.4, 0.5) is 5.69 Å². The van der Waals surface area contributed by atoms with Gasteiger partial charge in [-0.15, -0.1) is 0 Å². The number of hydrogen-bond donors (Lipinski definition) is 2. The van der Waals surface area contributed by atoms with Crippen molar-refractivity contribution in [3.8, 4) is 5.75 Å². The van der Waals surface area contributed by atoms with Crippen molar-refractivity contribution in [1.29, 1.82) is 0 Å². The zero-order valence-electron chi connectivity index (χ0n) is 16.2. The number of phenols is 1. The van der Waals surface area contributed by atoms with Crippen molar-refractivity contribution in [2.24, 2.45) is 5.92 Å². The first-order chi connectivity index (χ1) is 13.0. The Morgan fingerprint density at radius 1 is 1.00 bits per heavy atom. The molecule has 3 N–H and O–H groups in total. The van der Waals surface area contributed by atoms with Gasteiger partial charge in [0.2, 0.25) is 0 Å². The van der Waals surface area contributed by atoms with E-state index < -0.39 is 0 Å². The molecule has 3 rings (SSSR count). The molecule has 0 unspecified atom stereocenters. The Bertz CT molecular complexity index is 723. The number of benzene rings is 2. The van der Waals surface area contributed by atoms with Gasteiger partial charge < -0.3 is 20.2 Å². The molecule has 2 aromatic carbocycles. The molecule has 0 aliphatic carbocycles. The zero-order chi connectivity index (χ0) is 19.2. The smallest absolute Gasteiger partial charge is 0.277 e. The normalized spacial score (nSPS) is 15.8. The van der Waals surface area contributed by atoms with Crippen molar-refractivity contribution < 1.29 is 15.2 Å². The number of nitrogens with two attached hydrogens (primary N) is 1. The third-order valence-corrected chi connectivity index (χ3v) is 5.30. The van der Waals surface area contributed by atoms with Crippen LogP contribution in [0, 0.1) is 5.92 Å². The van der Waals surface area contributed by atoms with E-state index >= 15 is 0 Å². The van der Waals surface area contributed by atoms with Gasteiger partial charge in [0, 0.05) is 43.3 Å². The minimum Gasteiger partial charge on any atom is -0.508 e. The molecule has 1 heterocycles. The van der Waals surface area contributed by atoms with Crippen LogP contribution in [-0.4, -0.2) is 48.6 Å². The number of aromatic hydroxyl groups is 1. The van der Waals surface area contributed by atoms with Gasteiger partial charge >= 0.3 is 0 Å². The van der Waals surface area contributed by atoms with Gasteiger partial charge in [-0.3, -0.25) is 4.79 Å². The maximum atomic E-state index is 12.7. The number of carbonyl (C=O) groups excluding carboxylic acids is 1. The van der Waals surface area contributed by atoms with E-state index in [1.165, 1.54) is 5.56 Å². The summed E-state index contributed by atoms with van der Waals surface area (Å²) < 4.78 is 0. The first-order valence-electron chi connectivity index (χ1n) is 9.74. The second-order valence-electron chi connectivity index (χ2n) is 7.50. The standard InChI is InChI=1S/C22H29N3O2/c1-17(2)22(18-6-4-3-5-7-18)23-16-21(27)25-14-12-24(13-15-25)19-8-10-20(26)11-9-19/h3-11,17,22-23,26H,12-16H2,1-2H3/p+1/t22-/m1/s1. The van der Waals surface area contributed by atoms with Crippen LogP contribution in [0.5, 0.6) is 5.75 Å². The largest absolute Gasteiger partial charge is 0.508 e. The maximum Gasteiger partial charge on any atom is 0.277 e. The van der Waals surface area contributed by atoms with Gasteiger partial charge in [-0.2, -0.15) is 0 Å². The summed E-state index contributed by atoms with van der Waals surface area (Å²) in [4.78, 5) is 16.9. The lowest BCUT2D eigenvalue weighted by atomic mass is 9.96. The molecule has 1 aliphatic heterocycles. The first kappa shape index (κ1) is 19.2. The van der Waals surface area contributed by atoms with Crippen LogP contribution >= 0.6 is 0 Å². The monoisotopic (exact) mass is 368 g/mol. The van der Waals surface area contributed by atoms with E-state index in [2.05, 4.69) is 48.3 Å². The Hall–Kier alpha value is -2.53. The highest BCUT2D eigenvalue weighted by Gasteiger charge is 2.25. The van der Waals surface area contributed by atoms with Gasteiger partial charge in [0.25, 0.3) is 5.91 Å². The molecular formula is C22H30N3O2+. The van der Waals surface area contributed by atoms with Crippen LogP contribution in [0.15, 0.2) is 54.6 Å². The molecule has 0 saturated carbocycles. The summed E-state index contributed by atoms with van der Waals surface area (Å²) in [6.07, 6.45) is 0. The summed E-state index contributed by atoms with van der Waals surface area (Å²) in [5.74, 6) is 0.953. The number of rotatable bonds is 6. The third-order valence-electron chi connectivity index (χ3n) is 5.30. The van der Waals surface area contributed by atoms with Gasteiger partial charge in [-0.1, -0.05) is 44.2 Å². The fourth-order valence-electron chi connectivity index (χ4n) is 3.70. The van der Waals surface area contributed by atoms with Crippen molar-refractivity contribution in [1.82, 2.24) is 4.90 Å². The molecule has 1 fully saturated rings. The van der Waals surface area contributed by atoms with E-state index in [1.54, 1.807) is 12.1 Å². The van der Waals surface area contributed by atoms with Crippen molar-refractivity contribution in [2.75, 3.05) is 37.6 Å². The fourth-order valence-corrected chi connectivity index (χ4v) is 3.70. The lowest BCUT2D eigenvalue weighted by Crippen LogP contribution is -2.88. The number of amides is 1. The van der Waals surface area contributed by atoms with E-state index in [9.17, 15) is 9.90 Å². The summed E-state index contributed by atoms with van der Waals surface area (Å²) >= 11 is 0. The summed E-state index contributed by atoms with van der Waals surface area (Å²) in [7, 11) is 0. The summed E-state index contributed by atoms with van der Waals surface area (Å²) in [5, 5.41) is 11.6. The van der Waals surface area contributed by atoms with Crippen LogP contribution in [0.2, 0.25) is 0 Å². The van der Waals surface area contributed by atoms with Gasteiger partial charge in [-0.25, -0.2) is 0 Å². The Morgan fingerprint density at radius 3 is 2.22 bits per heavy atom.